The van der Waals surface area contributed by atoms with E-state index in [0.29, 0.717) is 12.3 Å². The van der Waals surface area contributed by atoms with Crippen molar-refractivity contribution in [2.24, 2.45) is 0 Å². The van der Waals surface area contributed by atoms with E-state index < -0.39 is 0 Å². The number of nitrogens with zero attached hydrogens (tertiary/aromatic N) is 5. The first-order valence-electron chi connectivity index (χ1n) is 10.6. The van der Waals surface area contributed by atoms with Crippen molar-refractivity contribution in [2.45, 2.75) is 43.8 Å². The second-order valence-corrected chi connectivity index (χ2v) is 8.50. The fraction of sp³-hybridized carbons (Fsp3) is 0.391. The number of thioether (sulfide) groups is 1. The van der Waals surface area contributed by atoms with Gasteiger partial charge in [-0.05, 0) is 30.5 Å². The predicted molar refractivity (Wildman–Crippen MR) is 119 cm³/mol. The molecule has 0 spiro atoms. The van der Waals surface area contributed by atoms with Crippen LogP contribution in [0.4, 0.5) is 0 Å². The number of pyridine rings is 1. The smallest absolute Gasteiger partial charge is 0.233 e. The zero-order valence-corrected chi connectivity index (χ0v) is 17.9. The SMILES string of the molecule is O=C(CSc1nnc(-c2cccnc2)n1Cc1ccccc1)N1CCCCCCC1. The van der Waals surface area contributed by atoms with Crippen molar-refractivity contribution in [1.29, 1.82) is 0 Å². The van der Waals surface area contributed by atoms with Crippen molar-refractivity contribution in [2.75, 3.05) is 18.8 Å². The summed E-state index contributed by atoms with van der Waals surface area (Å²) >= 11 is 1.47. The maximum absolute atomic E-state index is 12.8. The minimum absolute atomic E-state index is 0.194. The Balaban J connectivity index is 1.52. The van der Waals surface area contributed by atoms with Crippen molar-refractivity contribution in [3.05, 3.63) is 60.4 Å². The molecular weight excluding hydrogens is 394 g/mol. The molecular formula is C23H27N5OS. The second-order valence-electron chi connectivity index (χ2n) is 7.56. The summed E-state index contributed by atoms with van der Waals surface area (Å²) in [6.07, 6.45) is 9.48. The Morgan fingerprint density at radius 1 is 0.933 bits per heavy atom. The lowest BCUT2D eigenvalue weighted by atomic mass is 10.1. The molecule has 0 saturated carbocycles. The Morgan fingerprint density at radius 2 is 1.70 bits per heavy atom. The number of amides is 1. The van der Waals surface area contributed by atoms with Crippen LogP contribution >= 0.6 is 11.8 Å². The molecule has 1 fully saturated rings. The summed E-state index contributed by atoms with van der Waals surface area (Å²) < 4.78 is 2.08. The molecule has 4 rings (SSSR count). The van der Waals surface area contributed by atoms with Crippen LogP contribution in [0.3, 0.4) is 0 Å². The molecule has 156 valence electrons. The monoisotopic (exact) mass is 421 g/mol. The van der Waals surface area contributed by atoms with E-state index in [1.807, 2.05) is 35.2 Å². The average molecular weight is 422 g/mol. The first-order valence-corrected chi connectivity index (χ1v) is 11.6. The molecule has 30 heavy (non-hydrogen) atoms. The highest BCUT2D eigenvalue weighted by atomic mass is 32.2. The number of hydrogen-bond acceptors (Lipinski definition) is 5. The predicted octanol–water partition coefficient (Wildman–Crippen LogP) is 4.27. The van der Waals surface area contributed by atoms with E-state index in [1.54, 1.807) is 12.4 Å². The third-order valence-corrected chi connectivity index (χ3v) is 6.31. The van der Waals surface area contributed by atoms with Crippen molar-refractivity contribution in [3.8, 4) is 11.4 Å². The van der Waals surface area contributed by atoms with Gasteiger partial charge in [0.1, 0.15) is 0 Å². The Bertz CT molecular complexity index is 937. The molecule has 7 heteroatoms. The maximum atomic E-state index is 12.8. The Morgan fingerprint density at radius 3 is 2.43 bits per heavy atom. The molecule has 0 unspecified atom stereocenters. The number of carbonyl (C=O) groups excluding carboxylic acids is 1. The zero-order valence-electron chi connectivity index (χ0n) is 17.1. The molecule has 1 aliphatic rings. The van der Waals surface area contributed by atoms with Gasteiger partial charge in [0.15, 0.2) is 11.0 Å². The molecule has 0 bridgehead atoms. The van der Waals surface area contributed by atoms with Crippen LogP contribution in [0, 0.1) is 0 Å². The quantitative estimate of drug-likeness (QED) is 0.556. The lowest BCUT2D eigenvalue weighted by Gasteiger charge is -2.24. The fourth-order valence-corrected chi connectivity index (χ4v) is 4.57. The van der Waals surface area contributed by atoms with Crippen molar-refractivity contribution in [1.82, 2.24) is 24.6 Å². The average Bonchev–Trinajstić information content (AvgIpc) is 3.15. The first-order chi connectivity index (χ1) is 14.8. The molecule has 1 aliphatic heterocycles. The van der Waals surface area contributed by atoms with E-state index in [4.69, 9.17) is 0 Å². The molecule has 0 N–H and O–H groups in total. The molecule has 1 amide bonds. The first kappa shape index (κ1) is 20.6. The van der Waals surface area contributed by atoms with Crippen LogP contribution in [0.25, 0.3) is 11.4 Å². The molecule has 1 saturated heterocycles. The van der Waals surface area contributed by atoms with Gasteiger partial charge in [0.05, 0.1) is 12.3 Å². The lowest BCUT2D eigenvalue weighted by Crippen LogP contribution is -2.35. The highest BCUT2D eigenvalue weighted by Gasteiger charge is 2.19. The van der Waals surface area contributed by atoms with Gasteiger partial charge in [-0.3, -0.25) is 14.3 Å². The maximum Gasteiger partial charge on any atom is 0.233 e. The Kier molecular flexibility index (Phi) is 7.13. The number of rotatable bonds is 6. The van der Waals surface area contributed by atoms with Crippen molar-refractivity contribution >= 4 is 17.7 Å². The van der Waals surface area contributed by atoms with E-state index in [2.05, 4.69) is 31.9 Å². The number of hydrogen-bond donors (Lipinski definition) is 0. The van der Waals surface area contributed by atoms with Gasteiger partial charge in [-0.25, -0.2) is 0 Å². The summed E-state index contributed by atoms with van der Waals surface area (Å²) in [5.41, 5.74) is 2.09. The fourth-order valence-electron chi connectivity index (χ4n) is 3.73. The molecule has 0 aliphatic carbocycles. The van der Waals surface area contributed by atoms with Gasteiger partial charge in [0.2, 0.25) is 5.91 Å². The molecule has 1 aromatic carbocycles. The summed E-state index contributed by atoms with van der Waals surface area (Å²) in [7, 11) is 0. The van der Waals surface area contributed by atoms with Gasteiger partial charge in [-0.2, -0.15) is 0 Å². The van der Waals surface area contributed by atoms with Gasteiger partial charge in [0, 0.05) is 31.0 Å². The van der Waals surface area contributed by atoms with Gasteiger partial charge in [-0.15, -0.1) is 10.2 Å². The van der Waals surface area contributed by atoms with Gasteiger partial charge in [0.25, 0.3) is 0 Å². The summed E-state index contributed by atoms with van der Waals surface area (Å²) in [4.78, 5) is 19.1. The van der Waals surface area contributed by atoms with E-state index in [0.717, 1.165) is 42.5 Å². The molecule has 6 nitrogen and oxygen atoms in total. The van der Waals surface area contributed by atoms with Crippen LogP contribution < -0.4 is 0 Å². The van der Waals surface area contributed by atoms with Crippen molar-refractivity contribution < 1.29 is 4.79 Å². The number of benzene rings is 1. The second kappa shape index (κ2) is 10.4. The molecule has 3 heterocycles. The van der Waals surface area contributed by atoms with E-state index in [-0.39, 0.29) is 5.91 Å². The highest BCUT2D eigenvalue weighted by Crippen LogP contribution is 2.25. The number of likely N-dealkylation sites (tertiary alicyclic amines) is 1. The molecule has 0 radical (unpaired) electrons. The number of carbonyl (C=O) groups is 1. The summed E-state index contributed by atoms with van der Waals surface area (Å²) in [5.74, 6) is 1.35. The van der Waals surface area contributed by atoms with Crippen LogP contribution in [-0.2, 0) is 11.3 Å². The van der Waals surface area contributed by atoms with Gasteiger partial charge < -0.3 is 4.90 Å². The number of aromatic nitrogens is 4. The van der Waals surface area contributed by atoms with E-state index >= 15 is 0 Å². The third-order valence-electron chi connectivity index (χ3n) is 5.35. The van der Waals surface area contributed by atoms with Crippen molar-refractivity contribution in [3.63, 3.8) is 0 Å². The Hall–Kier alpha value is -2.67. The summed E-state index contributed by atoms with van der Waals surface area (Å²) in [5, 5.41) is 9.61. The van der Waals surface area contributed by atoms with Crippen LogP contribution in [-0.4, -0.2) is 49.4 Å². The normalized spacial score (nSPS) is 14.9. The van der Waals surface area contributed by atoms with Crippen LogP contribution in [0.15, 0.2) is 60.0 Å². The highest BCUT2D eigenvalue weighted by molar-refractivity contribution is 7.99. The lowest BCUT2D eigenvalue weighted by molar-refractivity contribution is -0.128. The zero-order chi connectivity index (χ0) is 20.6. The van der Waals surface area contributed by atoms with E-state index in [9.17, 15) is 4.79 Å². The van der Waals surface area contributed by atoms with Gasteiger partial charge in [-0.1, -0.05) is 61.4 Å². The summed E-state index contributed by atoms with van der Waals surface area (Å²) in [6.45, 7) is 2.40. The van der Waals surface area contributed by atoms with Crippen LogP contribution in [0.1, 0.15) is 37.7 Å². The van der Waals surface area contributed by atoms with E-state index in [1.165, 1.54) is 36.6 Å². The molecule has 0 atom stereocenters. The largest absolute Gasteiger partial charge is 0.342 e. The minimum Gasteiger partial charge on any atom is -0.342 e. The van der Waals surface area contributed by atoms with Crippen LogP contribution in [0.5, 0.6) is 0 Å². The molecule has 2 aromatic heterocycles. The Labute approximate surface area is 181 Å². The topological polar surface area (TPSA) is 63.9 Å². The third kappa shape index (κ3) is 5.27. The minimum atomic E-state index is 0.194. The molecule has 3 aromatic rings. The summed E-state index contributed by atoms with van der Waals surface area (Å²) in [6, 6.07) is 14.1. The standard InChI is InChI=1S/C23H27N5OS/c29-21(27-14-7-2-1-3-8-15-27)18-30-23-26-25-22(20-12-9-13-24-16-20)28(23)17-19-10-5-4-6-11-19/h4-6,9-13,16H,1-3,7-8,14-15,17-18H2. The van der Waals surface area contributed by atoms with Crippen LogP contribution in [0.2, 0.25) is 0 Å². The van der Waals surface area contributed by atoms with Gasteiger partial charge >= 0.3 is 0 Å².